The molecule has 0 bridgehead atoms. The van der Waals surface area contributed by atoms with E-state index in [1.54, 1.807) is 13.2 Å². The van der Waals surface area contributed by atoms with Crippen LogP contribution in [0.25, 0.3) is 0 Å². The molecule has 0 saturated heterocycles. The lowest BCUT2D eigenvalue weighted by Gasteiger charge is -2.22. The highest BCUT2D eigenvalue weighted by Crippen LogP contribution is 2.19. The van der Waals surface area contributed by atoms with Crippen molar-refractivity contribution in [2.45, 2.75) is 44.8 Å². The monoisotopic (exact) mass is 274 g/mol. The molecule has 1 rings (SSSR count). The highest BCUT2D eigenvalue weighted by Gasteiger charge is 2.28. The Labute approximate surface area is 109 Å². The molecule has 18 heavy (non-hydrogen) atoms. The topological polar surface area (TPSA) is 78.1 Å². The number of hydrogen-bond donors (Lipinski definition) is 2. The Balaban J connectivity index is 3.01. The normalized spacial score (nSPS) is 14.1. The summed E-state index contributed by atoms with van der Waals surface area (Å²) in [5.41, 5.74) is 0.673. The summed E-state index contributed by atoms with van der Waals surface area (Å²) >= 11 is 0. The lowest BCUT2D eigenvalue weighted by Crippen LogP contribution is -2.35. The van der Waals surface area contributed by atoms with E-state index in [1.165, 1.54) is 4.31 Å². The third-order valence-corrected chi connectivity index (χ3v) is 5.08. The fourth-order valence-corrected chi connectivity index (χ4v) is 3.08. The van der Waals surface area contributed by atoms with E-state index in [2.05, 4.69) is 15.5 Å². The summed E-state index contributed by atoms with van der Waals surface area (Å²) in [6.45, 7) is 7.10. The van der Waals surface area contributed by atoms with Crippen molar-refractivity contribution in [3.8, 4) is 0 Å². The van der Waals surface area contributed by atoms with Crippen LogP contribution < -0.4 is 5.32 Å². The van der Waals surface area contributed by atoms with Crippen molar-refractivity contribution in [2.24, 2.45) is 0 Å². The summed E-state index contributed by atoms with van der Waals surface area (Å²) in [5.74, 6) is 0. The lowest BCUT2D eigenvalue weighted by molar-refractivity contribution is 0.378. The summed E-state index contributed by atoms with van der Waals surface area (Å²) < 4.78 is 26.2. The van der Waals surface area contributed by atoms with Crippen molar-refractivity contribution in [1.29, 1.82) is 0 Å². The van der Waals surface area contributed by atoms with Gasteiger partial charge in [0.05, 0.1) is 6.20 Å². The van der Waals surface area contributed by atoms with Crippen molar-refractivity contribution in [2.75, 3.05) is 13.6 Å². The van der Waals surface area contributed by atoms with Gasteiger partial charge in [0.2, 0.25) is 0 Å². The second-order valence-corrected chi connectivity index (χ2v) is 6.22. The van der Waals surface area contributed by atoms with Crippen LogP contribution in [0.5, 0.6) is 0 Å². The van der Waals surface area contributed by atoms with Crippen LogP contribution in [0, 0.1) is 0 Å². The Hall–Kier alpha value is -0.920. The van der Waals surface area contributed by atoms with Gasteiger partial charge in [-0.1, -0.05) is 13.8 Å². The first kappa shape index (κ1) is 15.1. The van der Waals surface area contributed by atoms with E-state index >= 15 is 0 Å². The van der Waals surface area contributed by atoms with Crippen molar-refractivity contribution in [3.63, 3.8) is 0 Å². The zero-order chi connectivity index (χ0) is 13.8. The molecule has 6 nitrogen and oxygen atoms in total. The third-order valence-electron chi connectivity index (χ3n) is 3.09. The second kappa shape index (κ2) is 6.31. The molecule has 0 aliphatic heterocycles. The van der Waals surface area contributed by atoms with E-state index < -0.39 is 10.0 Å². The van der Waals surface area contributed by atoms with Crippen LogP contribution in [0.2, 0.25) is 0 Å². The molecule has 7 heteroatoms. The van der Waals surface area contributed by atoms with E-state index in [9.17, 15) is 8.42 Å². The minimum atomic E-state index is -3.49. The molecule has 0 aliphatic carbocycles. The number of aromatic amines is 1. The molecule has 0 radical (unpaired) electrons. The third kappa shape index (κ3) is 3.09. The SMILES string of the molecule is CCNCc1cn[nH]c1S(=O)(=O)N(C)C(C)CC. The average Bonchev–Trinajstić information content (AvgIpc) is 2.83. The first-order valence-corrected chi connectivity index (χ1v) is 7.60. The average molecular weight is 274 g/mol. The summed E-state index contributed by atoms with van der Waals surface area (Å²) in [6.07, 6.45) is 2.33. The van der Waals surface area contributed by atoms with E-state index in [1.807, 2.05) is 20.8 Å². The van der Waals surface area contributed by atoms with Gasteiger partial charge < -0.3 is 5.32 Å². The zero-order valence-electron chi connectivity index (χ0n) is 11.4. The van der Waals surface area contributed by atoms with Crippen molar-refractivity contribution in [1.82, 2.24) is 19.8 Å². The van der Waals surface area contributed by atoms with Gasteiger partial charge in [-0.3, -0.25) is 5.10 Å². The van der Waals surface area contributed by atoms with E-state index in [0.717, 1.165) is 13.0 Å². The molecule has 1 aromatic heterocycles. The zero-order valence-corrected chi connectivity index (χ0v) is 12.2. The number of rotatable bonds is 7. The molecular formula is C11H22N4O2S. The largest absolute Gasteiger partial charge is 0.313 e. The van der Waals surface area contributed by atoms with Crippen LogP contribution >= 0.6 is 0 Å². The van der Waals surface area contributed by atoms with Gasteiger partial charge in [0, 0.05) is 25.2 Å². The Morgan fingerprint density at radius 1 is 1.50 bits per heavy atom. The maximum atomic E-state index is 12.4. The maximum absolute atomic E-state index is 12.4. The first-order chi connectivity index (χ1) is 8.45. The first-order valence-electron chi connectivity index (χ1n) is 6.16. The molecule has 2 N–H and O–H groups in total. The van der Waals surface area contributed by atoms with E-state index in [0.29, 0.717) is 12.1 Å². The minimum absolute atomic E-state index is 0.0368. The molecule has 1 aromatic rings. The predicted molar refractivity (Wildman–Crippen MR) is 70.7 cm³/mol. The number of H-pyrrole nitrogens is 1. The van der Waals surface area contributed by atoms with Crippen LogP contribution in [0.1, 0.15) is 32.8 Å². The Bertz CT molecular complexity index is 469. The van der Waals surface area contributed by atoms with Crippen LogP contribution in [-0.4, -0.2) is 42.6 Å². The molecular weight excluding hydrogens is 252 g/mol. The quantitative estimate of drug-likeness (QED) is 0.775. The van der Waals surface area contributed by atoms with Crippen molar-refractivity contribution >= 4 is 10.0 Å². The summed E-state index contributed by atoms with van der Waals surface area (Å²) in [6, 6.07) is -0.0368. The summed E-state index contributed by atoms with van der Waals surface area (Å²) in [7, 11) is -1.89. The van der Waals surface area contributed by atoms with Gasteiger partial charge in [-0.15, -0.1) is 0 Å². The minimum Gasteiger partial charge on any atom is -0.313 e. The second-order valence-electron chi connectivity index (χ2n) is 4.28. The highest BCUT2D eigenvalue weighted by molar-refractivity contribution is 7.89. The standard InChI is InChI=1S/C11H22N4O2S/c1-5-9(3)15(4)18(16,17)11-10(7-12-6-2)8-13-14-11/h8-9,12H,5-7H2,1-4H3,(H,13,14). The van der Waals surface area contributed by atoms with Crippen molar-refractivity contribution < 1.29 is 8.42 Å². The fourth-order valence-electron chi connectivity index (χ4n) is 1.55. The molecule has 0 saturated carbocycles. The number of hydrogen-bond acceptors (Lipinski definition) is 4. The molecule has 0 amide bonds. The van der Waals surface area contributed by atoms with Crippen molar-refractivity contribution in [3.05, 3.63) is 11.8 Å². The lowest BCUT2D eigenvalue weighted by atomic mass is 10.3. The predicted octanol–water partition coefficient (Wildman–Crippen LogP) is 0.938. The fraction of sp³-hybridized carbons (Fsp3) is 0.727. The summed E-state index contributed by atoms with van der Waals surface area (Å²) in [4.78, 5) is 0. The number of nitrogens with one attached hydrogen (secondary N) is 2. The van der Waals surface area contributed by atoms with Gasteiger partial charge in [-0.05, 0) is 19.9 Å². The Kier molecular flexibility index (Phi) is 5.30. The number of aromatic nitrogens is 2. The van der Waals surface area contributed by atoms with Gasteiger partial charge in [-0.2, -0.15) is 9.40 Å². The van der Waals surface area contributed by atoms with Gasteiger partial charge in [-0.25, -0.2) is 8.42 Å². The van der Waals surface area contributed by atoms with Crippen LogP contribution in [0.15, 0.2) is 11.2 Å². The molecule has 104 valence electrons. The molecule has 1 unspecified atom stereocenters. The highest BCUT2D eigenvalue weighted by atomic mass is 32.2. The Morgan fingerprint density at radius 2 is 2.17 bits per heavy atom. The van der Waals surface area contributed by atoms with Crippen LogP contribution in [0.3, 0.4) is 0 Å². The molecule has 0 aliphatic rings. The van der Waals surface area contributed by atoms with Crippen LogP contribution in [0.4, 0.5) is 0 Å². The summed E-state index contributed by atoms with van der Waals surface area (Å²) in [5, 5.41) is 9.72. The van der Waals surface area contributed by atoms with Gasteiger partial charge in [0.1, 0.15) is 0 Å². The smallest absolute Gasteiger partial charge is 0.260 e. The number of sulfonamides is 1. The van der Waals surface area contributed by atoms with Crippen LogP contribution in [-0.2, 0) is 16.6 Å². The van der Waals surface area contributed by atoms with Gasteiger partial charge >= 0.3 is 0 Å². The van der Waals surface area contributed by atoms with E-state index in [-0.39, 0.29) is 11.1 Å². The molecule has 0 fully saturated rings. The van der Waals surface area contributed by atoms with Gasteiger partial charge in [0.25, 0.3) is 10.0 Å². The van der Waals surface area contributed by atoms with Gasteiger partial charge in [0.15, 0.2) is 5.03 Å². The van der Waals surface area contributed by atoms with E-state index in [4.69, 9.17) is 0 Å². The maximum Gasteiger partial charge on any atom is 0.260 e. The molecule has 0 spiro atoms. The Morgan fingerprint density at radius 3 is 2.72 bits per heavy atom. The molecule has 1 heterocycles. The molecule has 1 atom stereocenters. The number of nitrogens with zero attached hydrogens (tertiary/aromatic N) is 2. The molecule has 0 aromatic carbocycles.